The van der Waals surface area contributed by atoms with Crippen molar-refractivity contribution in [2.75, 3.05) is 13.1 Å². The van der Waals surface area contributed by atoms with Gasteiger partial charge in [-0.3, -0.25) is 14.6 Å². The number of pyridine rings is 1. The molecule has 0 aliphatic carbocycles. The summed E-state index contributed by atoms with van der Waals surface area (Å²) < 4.78 is 40.1. The Morgan fingerprint density at radius 3 is 2.58 bits per heavy atom. The summed E-state index contributed by atoms with van der Waals surface area (Å²) in [6.07, 6.45) is 5.01. The van der Waals surface area contributed by atoms with Crippen LogP contribution >= 0.6 is 0 Å². The highest BCUT2D eigenvalue weighted by atomic mass is 32.2. The van der Waals surface area contributed by atoms with Crippen molar-refractivity contribution in [1.29, 1.82) is 0 Å². The maximum Gasteiger partial charge on any atom is 0.239 e. The Kier molecular flexibility index (Phi) is 7.69. The minimum Gasteiger partial charge on any atom is -0.350 e. The summed E-state index contributed by atoms with van der Waals surface area (Å²) in [5.74, 6) is -1.64. The number of amides is 2. The van der Waals surface area contributed by atoms with Crippen molar-refractivity contribution in [3.8, 4) is 0 Å². The summed E-state index contributed by atoms with van der Waals surface area (Å²) >= 11 is 0. The van der Waals surface area contributed by atoms with E-state index < -0.39 is 27.8 Å². The zero-order chi connectivity index (χ0) is 22.3. The van der Waals surface area contributed by atoms with Crippen LogP contribution in [0.4, 0.5) is 4.39 Å². The van der Waals surface area contributed by atoms with Crippen LogP contribution in [0.1, 0.15) is 30.4 Å². The second-order valence-corrected chi connectivity index (χ2v) is 9.28. The summed E-state index contributed by atoms with van der Waals surface area (Å²) in [4.78, 5) is 28.7. The van der Waals surface area contributed by atoms with Crippen LogP contribution in [0.2, 0.25) is 0 Å². The second-order valence-electron chi connectivity index (χ2n) is 7.36. The lowest BCUT2D eigenvalue weighted by molar-refractivity contribution is -0.129. The van der Waals surface area contributed by atoms with Crippen molar-refractivity contribution in [2.24, 2.45) is 0 Å². The molecule has 31 heavy (non-hydrogen) atoms. The second kappa shape index (κ2) is 10.5. The first-order valence-corrected chi connectivity index (χ1v) is 11.6. The molecule has 1 aliphatic rings. The molecule has 0 unspecified atom stereocenters. The number of halogens is 1. The van der Waals surface area contributed by atoms with Crippen molar-refractivity contribution < 1.29 is 22.4 Å². The van der Waals surface area contributed by atoms with Gasteiger partial charge in [0.1, 0.15) is 11.9 Å². The molecular formula is C21H25FN4O4S. The van der Waals surface area contributed by atoms with E-state index in [0.29, 0.717) is 24.8 Å². The number of carbonyl (C=O) groups excluding carboxylic acids is 2. The molecular weight excluding hydrogens is 423 g/mol. The van der Waals surface area contributed by atoms with Gasteiger partial charge in [0, 0.05) is 25.5 Å². The van der Waals surface area contributed by atoms with Gasteiger partial charge in [-0.05, 0) is 42.2 Å². The van der Waals surface area contributed by atoms with E-state index >= 15 is 0 Å². The van der Waals surface area contributed by atoms with Crippen LogP contribution in [-0.2, 0) is 31.9 Å². The molecule has 2 N–H and O–H groups in total. The molecule has 1 saturated heterocycles. The van der Waals surface area contributed by atoms with E-state index in [0.717, 1.165) is 5.56 Å². The van der Waals surface area contributed by atoms with Crippen molar-refractivity contribution in [3.05, 3.63) is 65.7 Å². The number of rotatable bonds is 8. The van der Waals surface area contributed by atoms with Gasteiger partial charge in [0.15, 0.2) is 0 Å². The van der Waals surface area contributed by atoms with E-state index in [4.69, 9.17) is 0 Å². The highest BCUT2D eigenvalue weighted by molar-refractivity contribution is 7.88. The number of hydrogen-bond donors (Lipinski definition) is 2. The van der Waals surface area contributed by atoms with Gasteiger partial charge in [0.2, 0.25) is 21.8 Å². The van der Waals surface area contributed by atoms with Crippen LogP contribution in [0.3, 0.4) is 0 Å². The Labute approximate surface area is 180 Å². The predicted molar refractivity (Wildman–Crippen MR) is 112 cm³/mol. The molecule has 1 aromatic carbocycles. The summed E-state index contributed by atoms with van der Waals surface area (Å²) in [6.45, 7) is 0.264. The third-order valence-electron chi connectivity index (χ3n) is 5.01. The standard InChI is InChI=1S/C21H25FN4O4S/c22-18-8-6-16(7-9-18)15-31(29,30)26-11-2-1-5-19(26)21(28)25-14-20(27)24-13-17-4-3-10-23-12-17/h3-4,6-10,12,19H,1-2,5,11,13-15H2,(H,24,27)(H,25,28)/t19-/m0/s1. The molecule has 0 bridgehead atoms. The number of carbonyl (C=O) groups is 2. The molecule has 3 rings (SSSR count). The number of nitrogens with zero attached hydrogens (tertiary/aromatic N) is 2. The number of sulfonamides is 1. The van der Waals surface area contributed by atoms with Gasteiger partial charge in [0.25, 0.3) is 0 Å². The quantitative estimate of drug-likeness (QED) is 0.634. The molecule has 1 aliphatic heterocycles. The molecule has 0 radical (unpaired) electrons. The zero-order valence-electron chi connectivity index (χ0n) is 17.0. The zero-order valence-corrected chi connectivity index (χ0v) is 17.8. The lowest BCUT2D eigenvalue weighted by Gasteiger charge is -2.33. The Morgan fingerprint density at radius 1 is 1.10 bits per heavy atom. The van der Waals surface area contributed by atoms with Crippen LogP contribution < -0.4 is 10.6 Å². The van der Waals surface area contributed by atoms with Gasteiger partial charge < -0.3 is 10.6 Å². The highest BCUT2D eigenvalue weighted by Crippen LogP contribution is 2.23. The lowest BCUT2D eigenvalue weighted by Crippen LogP contribution is -2.53. The molecule has 2 amide bonds. The van der Waals surface area contributed by atoms with Gasteiger partial charge in [-0.25, -0.2) is 12.8 Å². The molecule has 0 saturated carbocycles. The Hall–Kier alpha value is -2.85. The van der Waals surface area contributed by atoms with E-state index in [2.05, 4.69) is 15.6 Å². The molecule has 8 nitrogen and oxygen atoms in total. The van der Waals surface area contributed by atoms with Gasteiger partial charge in [0.05, 0.1) is 12.3 Å². The fraction of sp³-hybridized carbons (Fsp3) is 0.381. The van der Waals surface area contributed by atoms with Crippen molar-refractivity contribution >= 4 is 21.8 Å². The first-order chi connectivity index (χ1) is 14.8. The molecule has 0 spiro atoms. The third-order valence-corrected chi connectivity index (χ3v) is 6.86. The summed E-state index contributed by atoms with van der Waals surface area (Å²) in [5, 5.41) is 5.22. The average Bonchev–Trinajstić information content (AvgIpc) is 2.78. The van der Waals surface area contributed by atoms with E-state index in [1.807, 2.05) is 6.07 Å². The normalized spacial score (nSPS) is 17.1. The van der Waals surface area contributed by atoms with Crippen molar-refractivity contribution in [1.82, 2.24) is 19.9 Å². The van der Waals surface area contributed by atoms with Gasteiger partial charge >= 0.3 is 0 Å². The van der Waals surface area contributed by atoms with Gasteiger partial charge in [-0.2, -0.15) is 4.31 Å². The van der Waals surface area contributed by atoms with E-state index in [1.54, 1.807) is 18.5 Å². The molecule has 166 valence electrons. The topological polar surface area (TPSA) is 108 Å². The first-order valence-electron chi connectivity index (χ1n) is 10.0. The van der Waals surface area contributed by atoms with Crippen LogP contribution in [0.15, 0.2) is 48.8 Å². The summed E-state index contributed by atoms with van der Waals surface area (Å²) in [6, 6.07) is 7.94. The van der Waals surface area contributed by atoms with Crippen molar-refractivity contribution in [3.63, 3.8) is 0 Å². The van der Waals surface area contributed by atoms with Crippen LogP contribution in [-0.4, -0.2) is 48.7 Å². The fourth-order valence-corrected chi connectivity index (χ4v) is 5.20. The molecule has 1 fully saturated rings. The number of piperidine rings is 1. The third kappa shape index (κ3) is 6.56. The Bertz CT molecular complexity index is 1000. The van der Waals surface area contributed by atoms with Crippen LogP contribution in [0, 0.1) is 5.82 Å². The maximum absolute atomic E-state index is 13.1. The fourth-order valence-electron chi connectivity index (χ4n) is 3.43. The molecule has 2 aromatic rings. The summed E-state index contributed by atoms with van der Waals surface area (Å²) in [5.41, 5.74) is 1.27. The smallest absolute Gasteiger partial charge is 0.239 e. The van der Waals surface area contributed by atoms with Crippen molar-refractivity contribution in [2.45, 2.75) is 37.6 Å². The molecule has 2 heterocycles. The number of nitrogens with one attached hydrogen (secondary N) is 2. The number of hydrogen-bond acceptors (Lipinski definition) is 5. The van der Waals surface area contributed by atoms with E-state index in [-0.39, 0.29) is 31.3 Å². The minimum atomic E-state index is -3.79. The molecule has 1 atom stereocenters. The van der Waals surface area contributed by atoms with Gasteiger partial charge in [-0.1, -0.05) is 24.6 Å². The minimum absolute atomic E-state index is 0.231. The lowest BCUT2D eigenvalue weighted by atomic mass is 10.0. The highest BCUT2D eigenvalue weighted by Gasteiger charge is 2.36. The maximum atomic E-state index is 13.1. The summed E-state index contributed by atoms with van der Waals surface area (Å²) in [7, 11) is -3.79. The molecule has 1 aromatic heterocycles. The first kappa shape index (κ1) is 22.8. The monoisotopic (exact) mass is 448 g/mol. The van der Waals surface area contributed by atoms with E-state index in [1.165, 1.54) is 28.6 Å². The van der Waals surface area contributed by atoms with Gasteiger partial charge in [-0.15, -0.1) is 0 Å². The SMILES string of the molecule is O=C(CNC(=O)[C@@H]1CCCCN1S(=O)(=O)Cc1ccc(F)cc1)NCc1cccnc1. The van der Waals surface area contributed by atoms with Crippen LogP contribution in [0.5, 0.6) is 0 Å². The number of aromatic nitrogens is 1. The average molecular weight is 449 g/mol. The Balaban J connectivity index is 1.56. The van der Waals surface area contributed by atoms with E-state index in [9.17, 15) is 22.4 Å². The number of benzene rings is 1. The Morgan fingerprint density at radius 2 is 1.87 bits per heavy atom. The predicted octanol–water partition coefficient (Wildman–Crippen LogP) is 1.34. The largest absolute Gasteiger partial charge is 0.350 e. The molecule has 10 heteroatoms. The van der Waals surface area contributed by atoms with Crippen LogP contribution in [0.25, 0.3) is 0 Å².